The number of halogens is 1. The molecule has 0 aliphatic heterocycles. The zero-order chi connectivity index (χ0) is 18.9. The second-order valence-corrected chi connectivity index (χ2v) is 6.57. The number of carbonyl (C=O) groups excluding carboxylic acids is 1. The van der Waals surface area contributed by atoms with Crippen molar-refractivity contribution < 1.29 is 14.3 Å². The van der Waals surface area contributed by atoms with Crippen LogP contribution in [0.2, 0.25) is 5.02 Å². The van der Waals surface area contributed by atoms with E-state index >= 15 is 0 Å². The number of hydrogen-bond donors (Lipinski definition) is 1. The van der Waals surface area contributed by atoms with Crippen molar-refractivity contribution >= 4 is 17.5 Å². The number of benzene rings is 2. The van der Waals surface area contributed by atoms with Gasteiger partial charge in [-0.15, -0.1) is 0 Å². The van der Waals surface area contributed by atoms with Crippen LogP contribution in [-0.2, 0) is 11.2 Å². The Hall–Kier alpha value is -2.20. The second-order valence-electron chi connectivity index (χ2n) is 6.19. The van der Waals surface area contributed by atoms with Crippen LogP contribution in [0, 0.1) is 13.8 Å². The highest BCUT2D eigenvalue weighted by atomic mass is 35.5. The molecule has 5 heteroatoms. The third kappa shape index (κ3) is 6.26. The van der Waals surface area contributed by atoms with Gasteiger partial charge < -0.3 is 14.8 Å². The minimum atomic E-state index is -0.123. The lowest BCUT2D eigenvalue weighted by molar-refractivity contribution is -0.123. The van der Waals surface area contributed by atoms with E-state index in [4.69, 9.17) is 21.1 Å². The summed E-state index contributed by atoms with van der Waals surface area (Å²) in [5.74, 6) is 1.42. The molecule has 2 aromatic carbocycles. The first-order valence-corrected chi connectivity index (χ1v) is 9.25. The summed E-state index contributed by atoms with van der Waals surface area (Å²) in [7, 11) is 0. The lowest BCUT2D eigenvalue weighted by Crippen LogP contribution is -2.29. The monoisotopic (exact) mass is 375 g/mol. The Labute approximate surface area is 160 Å². The number of amides is 1. The molecule has 0 saturated carbocycles. The molecule has 2 aromatic rings. The lowest BCUT2D eigenvalue weighted by atomic mass is 10.1. The van der Waals surface area contributed by atoms with E-state index < -0.39 is 0 Å². The summed E-state index contributed by atoms with van der Waals surface area (Å²) >= 11 is 6.13. The highest BCUT2D eigenvalue weighted by molar-refractivity contribution is 6.32. The third-order valence-electron chi connectivity index (χ3n) is 3.98. The molecular formula is C21H26ClNO3. The summed E-state index contributed by atoms with van der Waals surface area (Å²) in [6.07, 6.45) is 1.78. The van der Waals surface area contributed by atoms with Crippen LogP contribution in [-0.4, -0.2) is 25.7 Å². The number of rotatable bonds is 9. The second kappa shape index (κ2) is 10.1. The molecule has 0 aliphatic rings. The summed E-state index contributed by atoms with van der Waals surface area (Å²) < 4.78 is 11.0. The topological polar surface area (TPSA) is 47.6 Å². The molecule has 1 N–H and O–H groups in total. The molecular weight excluding hydrogens is 350 g/mol. The van der Waals surface area contributed by atoms with Gasteiger partial charge in [0.05, 0.1) is 6.61 Å². The van der Waals surface area contributed by atoms with Crippen LogP contribution >= 0.6 is 11.6 Å². The van der Waals surface area contributed by atoms with Crippen molar-refractivity contribution in [2.75, 3.05) is 19.8 Å². The van der Waals surface area contributed by atoms with Gasteiger partial charge in [-0.05, 0) is 74.6 Å². The zero-order valence-electron chi connectivity index (χ0n) is 15.6. The van der Waals surface area contributed by atoms with Gasteiger partial charge in [0.15, 0.2) is 6.61 Å². The van der Waals surface area contributed by atoms with Gasteiger partial charge in [0.2, 0.25) is 0 Å². The van der Waals surface area contributed by atoms with Gasteiger partial charge in [-0.3, -0.25) is 4.79 Å². The molecule has 140 valence electrons. The van der Waals surface area contributed by atoms with E-state index in [1.54, 1.807) is 0 Å². The summed E-state index contributed by atoms with van der Waals surface area (Å²) in [6, 6.07) is 11.7. The van der Waals surface area contributed by atoms with Crippen LogP contribution in [0.5, 0.6) is 11.5 Å². The average molecular weight is 376 g/mol. The van der Waals surface area contributed by atoms with Gasteiger partial charge in [0.25, 0.3) is 5.91 Å². The Morgan fingerprint density at radius 2 is 1.69 bits per heavy atom. The molecule has 0 atom stereocenters. The molecule has 0 aromatic heterocycles. The normalized spacial score (nSPS) is 10.5. The quantitative estimate of drug-likeness (QED) is 0.657. The molecule has 0 radical (unpaired) electrons. The number of nitrogens with one attached hydrogen (secondary N) is 1. The van der Waals surface area contributed by atoms with E-state index in [2.05, 4.69) is 17.4 Å². The number of hydrogen-bond acceptors (Lipinski definition) is 3. The standard InChI is InChI=1S/C21H26ClNO3/c1-4-25-18-9-7-17(8-10-18)6-5-11-23-20(24)14-26-19-12-15(2)21(22)16(3)13-19/h7-10,12-13H,4-6,11,14H2,1-3H3,(H,23,24). The summed E-state index contributed by atoms with van der Waals surface area (Å²) in [4.78, 5) is 11.9. The van der Waals surface area contributed by atoms with E-state index in [1.165, 1.54) is 5.56 Å². The molecule has 2 rings (SSSR count). The Balaban J connectivity index is 1.67. The van der Waals surface area contributed by atoms with Crippen molar-refractivity contribution in [1.29, 1.82) is 0 Å². The Bertz CT molecular complexity index is 706. The van der Waals surface area contributed by atoms with Gasteiger partial charge >= 0.3 is 0 Å². The Morgan fingerprint density at radius 3 is 2.31 bits per heavy atom. The Morgan fingerprint density at radius 1 is 1.04 bits per heavy atom. The first-order chi connectivity index (χ1) is 12.5. The van der Waals surface area contributed by atoms with Crippen LogP contribution < -0.4 is 14.8 Å². The number of aryl methyl sites for hydroxylation is 3. The minimum absolute atomic E-state index is 0.00354. The maximum atomic E-state index is 11.9. The van der Waals surface area contributed by atoms with Crippen molar-refractivity contribution in [3.8, 4) is 11.5 Å². The fraction of sp³-hybridized carbons (Fsp3) is 0.381. The smallest absolute Gasteiger partial charge is 0.257 e. The van der Waals surface area contributed by atoms with E-state index in [1.807, 2.05) is 45.0 Å². The first-order valence-electron chi connectivity index (χ1n) is 8.87. The lowest BCUT2D eigenvalue weighted by Gasteiger charge is -2.10. The molecule has 0 unspecified atom stereocenters. The zero-order valence-corrected chi connectivity index (χ0v) is 16.4. The van der Waals surface area contributed by atoms with Crippen molar-refractivity contribution in [2.24, 2.45) is 0 Å². The van der Waals surface area contributed by atoms with Crippen LogP contribution in [0.15, 0.2) is 36.4 Å². The highest BCUT2D eigenvalue weighted by Gasteiger charge is 2.06. The SMILES string of the molecule is CCOc1ccc(CCCNC(=O)COc2cc(C)c(Cl)c(C)c2)cc1. The van der Waals surface area contributed by atoms with E-state index in [9.17, 15) is 4.79 Å². The fourth-order valence-electron chi connectivity index (χ4n) is 2.63. The predicted octanol–water partition coefficient (Wildman–Crippen LogP) is 4.48. The van der Waals surface area contributed by atoms with Crippen LogP contribution in [0.3, 0.4) is 0 Å². The summed E-state index contributed by atoms with van der Waals surface area (Å²) in [5, 5.41) is 3.61. The molecule has 4 nitrogen and oxygen atoms in total. The van der Waals surface area contributed by atoms with Gasteiger partial charge in [-0.1, -0.05) is 23.7 Å². The molecule has 0 heterocycles. The third-order valence-corrected chi connectivity index (χ3v) is 4.57. The van der Waals surface area contributed by atoms with Crippen LogP contribution in [0.4, 0.5) is 0 Å². The average Bonchev–Trinajstić information content (AvgIpc) is 2.63. The molecule has 1 amide bonds. The predicted molar refractivity (Wildman–Crippen MR) is 105 cm³/mol. The summed E-state index contributed by atoms with van der Waals surface area (Å²) in [5.41, 5.74) is 3.11. The van der Waals surface area contributed by atoms with E-state index in [-0.39, 0.29) is 12.5 Å². The molecule has 0 fully saturated rings. The fourth-order valence-corrected chi connectivity index (χ4v) is 2.74. The maximum Gasteiger partial charge on any atom is 0.257 e. The van der Waals surface area contributed by atoms with E-state index in [0.717, 1.165) is 34.7 Å². The van der Waals surface area contributed by atoms with Crippen molar-refractivity contribution in [2.45, 2.75) is 33.6 Å². The highest BCUT2D eigenvalue weighted by Crippen LogP contribution is 2.25. The van der Waals surface area contributed by atoms with Crippen molar-refractivity contribution in [1.82, 2.24) is 5.32 Å². The van der Waals surface area contributed by atoms with Gasteiger partial charge in [0, 0.05) is 11.6 Å². The molecule has 0 spiro atoms. The summed E-state index contributed by atoms with van der Waals surface area (Å²) in [6.45, 7) is 7.10. The maximum absolute atomic E-state index is 11.9. The minimum Gasteiger partial charge on any atom is -0.494 e. The molecule has 26 heavy (non-hydrogen) atoms. The van der Waals surface area contributed by atoms with Crippen LogP contribution in [0.1, 0.15) is 30.0 Å². The van der Waals surface area contributed by atoms with E-state index in [0.29, 0.717) is 18.9 Å². The van der Waals surface area contributed by atoms with Crippen molar-refractivity contribution in [3.63, 3.8) is 0 Å². The van der Waals surface area contributed by atoms with Gasteiger partial charge in [0.1, 0.15) is 11.5 Å². The molecule has 0 aliphatic carbocycles. The number of ether oxygens (including phenoxy) is 2. The largest absolute Gasteiger partial charge is 0.494 e. The number of carbonyl (C=O) groups is 1. The van der Waals surface area contributed by atoms with Crippen LogP contribution in [0.25, 0.3) is 0 Å². The van der Waals surface area contributed by atoms with Crippen molar-refractivity contribution in [3.05, 3.63) is 58.1 Å². The Kier molecular flexibility index (Phi) is 7.79. The molecule has 0 saturated heterocycles. The van der Waals surface area contributed by atoms with Gasteiger partial charge in [-0.2, -0.15) is 0 Å². The molecule has 0 bridgehead atoms. The first kappa shape index (κ1) is 20.1. The van der Waals surface area contributed by atoms with Gasteiger partial charge in [-0.25, -0.2) is 0 Å².